The molecule has 2 atom stereocenters. The first kappa shape index (κ1) is 15.5. The van der Waals surface area contributed by atoms with Crippen molar-refractivity contribution in [3.63, 3.8) is 0 Å². The smallest absolute Gasteiger partial charge is 0.315 e. The summed E-state index contributed by atoms with van der Waals surface area (Å²) in [5.41, 5.74) is 1.52. The summed E-state index contributed by atoms with van der Waals surface area (Å²) in [7, 11) is 1.82. The molecular weight excluding hydrogens is 280 g/mol. The molecule has 2 amide bonds. The van der Waals surface area contributed by atoms with Crippen LogP contribution in [0.5, 0.6) is 0 Å². The van der Waals surface area contributed by atoms with Gasteiger partial charge in [-0.3, -0.25) is 0 Å². The molecule has 2 unspecified atom stereocenters. The third-order valence-electron chi connectivity index (χ3n) is 3.37. The zero-order chi connectivity index (χ0) is 16.1. The summed E-state index contributed by atoms with van der Waals surface area (Å²) in [5.74, 6) is 0.682. The normalized spacial score (nSPS) is 13.0. The van der Waals surface area contributed by atoms with Crippen molar-refractivity contribution in [1.82, 2.24) is 25.4 Å². The molecule has 1 aromatic heterocycles. The topological polar surface area (TPSA) is 95.6 Å². The molecule has 0 saturated heterocycles. The van der Waals surface area contributed by atoms with Crippen molar-refractivity contribution in [2.75, 3.05) is 0 Å². The third kappa shape index (κ3) is 3.61. The van der Waals surface area contributed by atoms with E-state index in [2.05, 4.69) is 26.9 Å². The Morgan fingerprint density at radius 1 is 1.23 bits per heavy atom. The first-order chi connectivity index (χ1) is 10.5. The Balaban J connectivity index is 1.93. The van der Waals surface area contributed by atoms with E-state index in [1.165, 1.54) is 0 Å². The van der Waals surface area contributed by atoms with Crippen molar-refractivity contribution in [2.24, 2.45) is 7.05 Å². The van der Waals surface area contributed by atoms with Crippen LogP contribution < -0.4 is 10.6 Å². The third-order valence-corrected chi connectivity index (χ3v) is 3.37. The molecule has 22 heavy (non-hydrogen) atoms. The van der Waals surface area contributed by atoms with Crippen LogP contribution in [-0.2, 0) is 7.05 Å². The van der Waals surface area contributed by atoms with Crippen molar-refractivity contribution >= 4 is 6.03 Å². The first-order valence-electron chi connectivity index (χ1n) is 6.92. The van der Waals surface area contributed by atoms with Crippen molar-refractivity contribution < 1.29 is 4.79 Å². The second-order valence-corrected chi connectivity index (χ2v) is 5.10. The van der Waals surface area contributed by atoms with Gasteiger partial charge in [0, 0.05) is 7.05 Å². The molecule has 0 radical (unpaired) electrons. The van der Waals surface area contributed by atoms with Crippen LogP contribution in [0, 0.1) is 11.3 Å². The summed E-state index contributed by atoms with van der Waals surface area (Å²) in [6, 6.07) is 8.48. The van der Waals surface area contributed by atoms with E-state index < -0.39 is 0 Å². The first-order valence-corrected chi connectivity index (χ1v) is 6.92. The van der Waals surface area contributed by atoms with E-state index in [0.717, 1.165) is 5.56 Å². The van der Waals surface area contributed by atoms with E-state index in [1.807, 2.05) is 33.0 Å². The summed E-state index contributed by atoms with van der Waals surface area (Å²) in [4.78, 5) is 12.0. The van der Waals surface area contributed by atoms with Gasteiger partial charge in [-0.2, -0.15) is 5.26 Å². The number of carbonyl (C=O) groups excluding carboxylic acids is 1. The van der Waals surface area contributed by atoms with Gasteiger partial charge in [-0.25, -0.2) is 4.79 Å². The maximum Gasteiger partial charge on any atom is 0.315 e. The Hall–Kier alpha value is -2.88. The van der Waals surface area contributed by atoms with E-state index in [1.54, 1.807) is 23.0 Å². The average molecular weight is 298 g/mol. The number of nitriles is 1. The molecule has 2 rings (SSSR count). The minimum absolute atomic E-state index is 0.167. The number of hydrogen-bond acceptors (Lipinski definition) is 4. The maximum absolute atomic E-state index is 12.0. The van der Waals surface area contributed by atoms with E-state index in [9.17, 15) is 4.79 Å². The van der Waals surface area contributed by atoms with E-state index in [0.29, 0.717) is 11.4 Å². The largest absolute Gasteiger partial charge is 0.332 e. The highest BCUT2D eigenvalue weighted by Gasteiger charge is 2.16. The minimum atomic E-state index is -0.285. The van der Waals surface area contributed by atoms with E-state index >= 15 is 0 Å². The fourth-order valence-electron chi connectivity index (χ4n) is 2.11. The van der Waals surface area contributed by atoms with Gasteiger partial charge in [-0.05, 0) is 31.5 Å². The second kappa shape index (κ2) is 6.72. The van der Waals surface area contributed by atoms with Gasteiger partial charge in [0.15, 0.2) is 5.82 Å². The number of urea groups is 1. The highest BCUT2D eigenvalue weighted by Crippen LogP contribution is 2.13. The lowest BCUT2D eigenvalue weighted by molar-refractivity contribution is 0.234. The number of aromatic nitrogens is 3. The number of carbonyl (C=O) groups is 1. The predicted molar refractivity (Wildman–Crippen MR) is 80.7 cm³/mol. The zero-order valence-corrected chi connectivity index (χ0v) is 12.7. The molecule has 0 fully saturated rings. The number of hydrogen-bond donors (Lipinski definition) is 2. The molecule has 0 bridgehead atoms. The van der Waals surface area contributed by atoms with Gasteiger partial charge in [-0.1, -0.05) is 12.1 Å². The van der Waals surface area contributed by atoms with Crippen molar-refractivity contribution in [3.05, 3.63) is 47.5 Å². The molecule has 7 nitrogen and oxygen atoms in total. The summed E-state index contributed by atoms with van der Waals surface area (Å²) in [5, 5.41) is 22.2. The Morgan fingerprint density at radius 2 is 1.86 bits per heavy atom. The number of aryl methyl sites for hydroxylation is 1. The minimum Gasteiger partial charge on any atom is -0.332 e. The second-order valence-electron chi connectivity index (χ2n) is 5.10. The lowest BCUT2D eigenvalue weighted by atomic mass is 10.1. The van der Waals surface area contributed by atoms with Crippen molar-refractivity contribution in [1.29, 1.82) is 5.26 Å². The number of nitrogens with zero attached hydrogens (tertiary/aromatic N) is 4. The lowest BCUT2D eigenvalue weighted by Gasteiger charge is -2.18. The Labute approximate surface area is 129 Å². The Morgan fingerprint density at radius 3 is 2.41 bits per heavy atom. The van der Waals surface area contributed by atoms with E-state index in [-0.39, 0.29) is 18.1 Å². The molecule has 0 spiro atoms. The van der Waals surface area contributed by atoms with Crippen LogP contribution in [0.15, 0.2) is 30.6 Å². The molecule has 0 saturated carbocycles. The standard InChI is InChI=1S/C15H18N6O/c1-10(13-6-4-12(8-16)5-7-13)18-15(22)19-11(2)14-20-17-9-21(14)3/h4-7,9-11H,1-3H3,(H2,18,19,22). The molecule has 1 heterocycles. The fourth-order valence-corrected chi connectivity index (χ4v) is 2.11. The number of nitrogens with one attached hydrogen (secondary N) is 2. The van der Waals surface area contributed by atoms with Crippen LogP contribution in [0.1, 0.15) is 42.9 Å². The number of rotatable bonds is 4. The van der Waals surface area contributed by atoms with Gasteiger partial charge in [-0.15, -0.1) is 10.2 Å². The van der Waals surface area contributed by atoms with Crippen LogP contribution in [0.3, 0.4) is 0 Å². The lowest BCUT2D eigenvalue weighted by Crippen LogP contribution is -2.39. The van der Waals surface area contributed by atoms with Gasteiger partial charge in [0.1, 0.15) is 6.33 Å². The fraction of sp³-hybridized carbons (Fsp3) is 0.333. The average Bonchev–Trinajstić information content (AvgIpc) is 2.93. The molecule has 2 aromatic rings. The molecule has 2 N–H and O–H groups in total. The molecular formula is C15H18N6O. The van der Waals surface area contributed by atoms with Gasteiger partial charge in [0.25, 0.3) is 0 Å². The molecule has 1 aromatic carbocycles. The van der Waals surface area contributed by atoms with Crippen LogP contribution >= 0.6 is 0 Å². The Kier molecular flexibility index (Phi) is 4.73. The predicted octanol–water partition coefficient (Wildman–Crippen LogP) is 1.81. The highest BCUT2D eigenvalue weighted by atomic mass is 16.2. The summed E-state index contributed by atoms with van der Waals surface area (Å²) < 4.78 is 1.76. The van der Waals surface area contributed by atoms with Gasteiger partial charge in [0.05, 0.1) is 23.7 Å². The molecule has 114 valence electrons. The Bertz CT molecular complexity index is 685. The summed E-state index contributed by atoms with van der Waals surface area (Å²) in [6.07, 6.45) is 1.59. The van der Waals surface area contributed by atoms with Gasteiger partial charge >= 0.3 is 6.03 Å². The molecule has 0 aliphatic carbocycles. The zero-order valence-electron chi connectivity index (χ0n) is 12.7. The van der Waals surface area contributed by atoms with Crippen LogP contribution in [-0.4, -0.2) is 20.8 Å². The maximum atomic E-state index is 12.0. The van der Waals surface area contributed by atoms with Crippen molar-refractivity contribution in [3.8, 4) is 6.07 Å². The monoisotopic (exact) mass is 298 g/mol. The molecule has 0 aliphatic heterocycles. The number of benzene rings is 1. The SMILES string of the molecule is CC(NC(=O)NC(C)c1nncn1C)c1ccc(C#N)cc1. The van der Waals surface area contributed by atoms with Crippen LogP contribution in [0.4, 0.5) is 4.79 Å². The molecule has 0 aliphatic rings. The summed E-state index contributed by atoms with van der Waals surface area (Å²) >= 11 is 0. The van der Waals surface area contributed by atoms with Crippen LogP contribution in [0.25, 0.3) is 0 Å². The van der Waals surface area contributed by atoms with Crippen molar-refractivity contribution in [2.45, 2.75) is 25.9 Å². The van der Waals surface area contributed by atoms with Gasteiger partial charge in [0.2, 0.25) is 0 Å². The van der Waals surface area contributed by atoms with E-state index in [4.69, 9.17) is 5.26 Å². The van der Waals surface area contributed by atoms with Crippen LogP contribution in [0.2, 0.25) is 0 Å². The van der Waals surface area contributed by atoms with Gasteiger partial charge < -0.3 is 15.2 Å². The summed E-state index contributed by atoms with van der Waals surface area (Å²) in [6.45, 7) is 3.73. The highest BCUT2D eigenvalue weighted by molar-refractivity contribution is 5.74. The number of amides is 2. The quantitative estimate of drug-likeness (QED) is 0.899. The molecule has 7 heteroatoms.